The van der Waals surface area contributed by atoms with Crippen LogP contribution in [0.1, 0.15) is 60.5 Å². The zero-order valence-corrected chi connectivity index (χ0v) is 32.4. The molecule has 0 spiro atoms. The van der Waals surface area contributed by atoms with Crippen molar-refractivity contribution in [1.29, 1.82) is 0 Å². The number of hydrogen-bond donors (Lipinski definition) is 6. The SMILES string of the molecule is C[C@]1(CC(=O)Nc2nccs2)NCCc2cc(OCCOCCOCCNC(=O)CCCCC3SC[C@@H]4NC(=O)N[C@H]34)c(Oc3ccc(C(=O)O)cc3)cc21. The molecule has 6 N–H and O–H groups in total. The highest BCUT2D eigenvalue weighted by Crippen LogP contribution is 2.41. The Morgan fingerprint density at radius 2 is 1.80 bits per heavy atom. The van der Waals surface area contributed by atoms with Gasteiger partial charge in [0.2, 0.25) is 11.8 Å². The van der Waals surface area contributed by atoms with E-state index in [1.54, 1.807) is 23.7 Å². The lowest BCUT2D eigenvalue weighted by Crippen LogP contribution is -2.47. The second-order valence-electron chi connectivity index (χ2n) is 13.7. The van der Waals surface area contributed by atoms with E-state index in [1.165, 1.54) is 23.5 Å². The van der Waals surface area contributed by atoms with E-state index < -0.39 is 11.5 Å². The summed E-state index contributed by atoms with van der Waals surface area (Å²) >= 11 is 3.24. The van der Waals surface area contributed by atoms with Crippen LogP contribution in [0.25, 0.3) is 0 Å². The fourth-order valence-corrected chi connectivity index (χ4v) is 9.05. The highest BCUT2D eigenvalue weighted by atomic mass is 32.2. The Morgan fingerprint density at radius 1 is 1.00 bits per heavy atom. The largest absolute Gasteiger partial charge is 0.487 e. The van der Waals surface area contributed by atoms with Crippen molar-refractivity contribution in [2.24, 2.45) is 0 Å². The standard InChI is InChI=1S/C38H48N6O9S2/c1-38(22-33(46)43-37-40-13-19-54-37)27-21-30(53-26-8-6-24(7-9-26)35(47)48)29(20-25(27)10-11-41-38)52-18-17-51-16-15-50-14-12-39-32(45)5-3-2-4-31-34-28(23-55-31)42-36(49)44-34/h6-9,13,19-21,28,31,34,41H,2-5,10-12,14-18,22-23H2,1H3,(H,39,45)(H,47,48)(H,40,43,46)(H2,42,44,49)/t28-,31?,34-,38+/m0/s1. The molecule has 4 atom stereocenters. The number of carboxylic acids is 1. The molecule has 6 rings (SSSR count). The number of benzene rings is 2. The van der Waals surface area contributed by atoms with E-state index in [0.717, 1.165) is 42.6 Å². The predicted molar refractivity (Wildman–Crippen MR) is 208 cm³/mol. The monoisotopic (exact) mass is 796 g/mol. The number of ether oxygens (including phenoxy) is 4. The molecule has 55 heavy (non-hydrogen) atoms. The fraction of sp³-hybridized carbons (Fsp3) is 0.500. The van der Waals surface area contributed by atoms with Crippen LogP contribution in [0, 0.1) is 0 Å². The summed E-state index contributed by atoms with van der Waals surface area (Å²) in [5.41, 5.74) is 1.37. The maximum atomic E-state index is 13.0. The van der Waals surface area contributed by atoms with Gasteiger partial charge in [-0.2, -0.15) is 11.8 Å². The second kappa shape index (κ2) is 19.4. The number of aromatic nitrogens is 1. The second-order valence-corrected chi connectivity index (χ2v) is 15.9. The Bertz CT molecular complexity index is 1780. The van der Waals surface area contributed by atoms with Crippen molar-refractivity contribution in [2.45, 2.75) is 68.3 Å². The van der Waals surface area contributed by atoms with Crippen LogP contribution in [0.2, 0.25) is 0 Å². The molecule has 0 radical (unpaired) electrons. The van der Waals surface area contributed by atoms with E-state index in [9.17, 15) is 24.3 Å². The summed E-state index contributed by atoms with van der Waals surface area (Å²) in [4.78, 5) is 52.3. The third-order valence-electron chi connectivity index (χ3n) is 9.70. The summed E-state index contributed by atoms with van der Waals surface area (Å²) in [5, 5.41) is 27.3. The maximum absolute atomic E-state index is 13.0. The van der Waals surface area contributed by atoms with Gasteiger partial charge in [-0.1, -0.05) is 6.42 Å². The van der Waals surface area contributed by atoms with Crippen molar-refractivity contribution < 1.29 is 43.2 Å². The number of carbonyl (C=O) groups excluding carboxylic acids is 3. The molecule has 1 aromatic heterocycles. The highest BCUT2D eigenvalue weighted by molar-refractivity contribution is 8.00. The van der Waals surface area contributed by atoms with Gasteiger partial charge in [-0.05, 0) is 73.7 Å². The molecule has 2 saturated heterocycles. The van der Waals surface area contributed by atoms with Gasteiger partial charge < -0.3 is 50.6 Å². The van der Waals surface area contributed by atoms with E-state index in [2.05, 4.69) is 31.6 Å². The summed E-state index contributed by atoms with van der Waals surface area (Å²) in [6.45, 7) is 4.70. The van der Waals surface area contributed by atoms with Crippen LogP contribution in [0.5, 0.6) is 17.2 Å². The molecular weight excluding hydrogens is 749 g/mol. The Labute approximate surface area is 328 Å². The summed E-state index contributed by atoms with van der Waals surface area (Å²) in [5.74, 6) is 1.09. The third-order valence-corrected chi connectivity index (χ3v) is 11.9. The average Bonchev–Trinajstić information content (AvgIpc) is 3.90. The normalized spacial score (nSPS) is 21.2. The Morgan fingerprint density at radius 3 is 2.58 bits per heavy atom. The van der Waals surface area contributed by atoms with Crippen molar-refractivity contribution in [3.05, 3.63) is 64.7 Å². The minimum Gasteiger partial charge on any atom is -0.487 e. The molecule has 4 amide bonds. The number of nitrogens with one attached hydrogen (secondary N) is 5. The van der Waals surface area contributed by atoms with Crippen LogP contribution in [0.3, 0.4) is 0 Å². The third kappa shape index (κ3) is 11.3. The van der Waals surface area contributed by atoms with Gasteiger partial charge in [0.25, 0.3) is 0 Å². The first kappa shape index (κ1) is 40.2. The number of fused-ring (bicyclic) bond motifs is 2. The number of thiazole rings is 1. The molecule has 0 bridgehead atoms. The molecule has 296 valence electrons. The smallest absolute Gasteiger partial charge is 0.335 e. The van der Waals surface area contributed by atoms with E-state index in [4.69, 9.17) is 18.9 Å². The Hall–Kier alpha value is -4.42. The first-order valence-corrected chi connectivity index (χ1v) is 20.5. The first-order valence-electron chi connectivity index (χ1n) is 18.5. The lowest BCUT2D eigenvalue weighted by molar-refractivity contribution is -0.121. The molecule has 3 aromatic rings. The van der Waals surface area contributed by atoms with Crippen molar-refractivity contribution in [3.63, 3.8) is 0 Å². The van der Waals surface area contributed by atoms with Gasteiger partial charge in [0, 0.05) is 54.0 Å². The average molecular weight is 797 g/mol. The minimum atomic E-state index is -1.03. The molecule has 1 unspecified atom stereocenters. The number of unbranched alkanes of at least 4 members (excludes halogenated alkanes) is 1. The Kier molecular flexibility index (Phi) is 14.2. The van der Waals surface area contributed by atoms with Crippen LogP contribution in [0.4, 0.5) is 9.93 Å². The van der Waals surface area contributed by atoms with E-state index in [1.807, 2.05) is 30.8 Å². The molecule has 4 heterocycles. The summed E-state index contributed by atoms with van der Waals surface area (Å²) in [7, 11) is 0. The molecule has 2 fully saturated rings. The van der Waals surface area contributed by atoms with E-state index in [0.29, 0.717) is 73.6 Å². The van der Waals surface area contributed by atoms with Crippen LogP contribution >= 0.6 is 23.1 Å². The molecule has 0 aliphatic carbocycles. The van der Waals surface area contributed by atoms with E-state index in [-0.39, 0.29) is 48.5 Å². The zero-order valence-electron chi connectivity index (χ0n) is 30.7. The van der Waals surface area contributed by atoms with Crippen molar-refractivity contribution in [2.75, 3.05) is 57.2 Å². The van der Waals surface area contributed by atoms with Gasteiger partial charge in [-0.15, -0.1) is 11.3 Å². The number of anilines is 1. The molecule has 3 aliphatic heterocycles. The summed E-state index contributed by atoms with van der Waals surface area (Å²) < 4.78 is 23.8. The fourth-order valence-electron chi connectivity index (χ4n) is 6.96. The molecule has 3 aliphatic rings. The van der Waals surface area contributed by atoms with Gasteiger partial charge in [-0.3, -0.25) is 9.59 Å². The number of nitrogens with zero attached hydrogens (tertiary/aromatic N) is 1. The minimum absolute atomic E-state index is 0.00525. The Balaban J connectivity index is 0.919. The quantitative estimate of drug-likeness (QED) is 0.0662. The molecule has 2 aromatic carbocycles. The van der Waals surface area contributed by atoms with Gasteiger partial charge in [0.05, 0.1) is 44.1 Å². The number of hydrogen-bond acceptors (Lipinski definition) is 12. The first-order chi connectivity index (χ1) is 26.7. The molecule has 17 heteroatoms. The van der Waals surface area contributed by atoms with Gasteiger partial charge in [0.15, 0.2) is 16.6 Å². The van der Waals surface area contributed by atoms with Crippen LogP contribution in [-0.4, -0.2) is 103 Å². The number of amides is 4. The molecular formula is C38H48N6O9S2. The highest BCUT2D eigenvalue weighted by Gasteiger charge is 2.42. The predicted octanol–water partition coefficient (Wildman–Crippen LogP) is 4.28. The summed E-state index contributed by atoms with van der Waals surface area (Å²) in [6, 6.07) is 10.3. The van der Waals surface area contributed by atoms with Crippen molar-refractivity contribution in [1.82, 2.24) is 26.3 Å². The lowest BCUT2D eigenvalue weighted by atomic mass is 9.81. The van der Waals surface area contributed by atoms with Crippen molar-refractivity contribution in [3.8, 4) is 17.2 Å². The number of aromatic carboxylic acids is 1. The number of urea groups is 1. The van der Waals surface area contributed by atoms with Crippen LogP contribution in [0.15, 0.2) is 48.0 Å². The van der Waals surface area contributed by atoms with Crippen LogP contribution < -0.4 is 36.1 Å². The number of rotatable bonds is 21. The van der Waals surface area contributed by atoms with E-state index >= 15 is 0 Å². The molecule has 15 nitrogen and oxygen atoms in total. The molecule has 0 saturated carbocycles. The lowest BCUT2D eigenvalue weighted by Gasteiger charge is -2.37. The topological polar surface area (TPSA) is 198 Å². The maximum Gasteiger partial charge on any atom is 0.335 e. The number of carbonyl (C=O) groups is 4. The van der Waals surface area contributed by atoms with Crippen LogP contribution in [-0.2, 0) is 31.0 Å². The summed E-state index contributed by atoms with van der Waals surface area (Å²) in [6.07, 6.45) is 5.72. The number of thioether (sulfide) groups is 1. The number of carboxylic acid groups (broad SMARTS) is 1. The van der Waals surface area contributed by atoms with Crippen molar-refractivity contribution >= 4 is 52.0 Å². The zero-order chi connectivity index (χ0) is 38.6. The van der Waals surface area contributed by atoms with Gasteiger partial charge >= 0.3 is 12.0 Å². The van der Waals surface area contributed by atoms with Gasteiger partial charge in [-0.25, -0.2) is 14.6 Å². The van der Waals surface area contributed by atoms with Gasteiger partial charge in [0.1, 0.15) is 12.4 Å².